The van der Waals surface area contributed by atoms with Gasteiger partial charge >= 0.3 is 0 Å². The third-order valence-electron chi connectivity index (χ3n) is 5.10. The highest BCUT2D eigenvalue weighted by Crippen LogP contribution is 2.24. The van der Waals surface area contributed by atoms with Gasteiger partial charge in [-0.15, -0.1) is 0 Å². The fourth-order valence-corrected chi connectivity index (χ4v) is 3.51. The number of aromatic nitrogens is 2. The minimum atomic E-state index is -0.999. The molecule has 0 spiro atoms. The number of nitrogens with one attached hydrogen (secondary N) is 1. The number of amides is 4. The van der Waals surface area contributed by atoms with Crippen LogP contribution in [0.25, 0.3) is 11.4 Å². The van der Waals surface area contributed by atoms with Crippen molar-refractivity contribution in [3.8, 4) is 11.4 Å². The van der Waals surface area contributed by atoms with E-state index in [9.17, 15) is 19.2 Å². The third-order valence-corrected chi connectivity index (χ3v) is 5.10. The van der Waals surface area contributed by atoms with Gasteiger partial charge in [-0.25, -0.2) is 0 Å². The molecule has 30 heavy (non-hydrogen) atoms. The molecule has 1 unspecified atom stereocenters. The van der Waals surface area contributed by atoms with E-state index in [0.717, 1.165) is 16.0 Å². The molecule has 10 heteroatoms. The summed E-state index contributed by atoms with van der Waals surface area (Å²) < 4.78 is 5.30. The van der Waals surface area contributed by atoms with Crippen molar-refractivity contribution in [2.24, 2.45) is 0 Å². The normalized spacial score (nSPS) is 19.2. The molecule has 4 rings (SSSR count). The number of carbonyl (C=O) groups is 4. The zero-order valence-electron chi connectivity index (χ0n) is 16.4. The molecule has 10 nitrogen and oxygen atoms in total. The molecule has 0 bridgehead atoms. The molecule has 1 N–H and O–H groups in total. The number of piperidine rings is 1. The van der Waals surface area contributed by atoms with Gasteiger partial charge in [-0.1, -0.05) is 29.4 Å². The van der Waals surface area contributed by atoms with E-state index in [4.69, 9.17) is 4.52 Å². The molecule has 0 aliphatic carbocycles. The van der Waals surface area contributed by atoms with Crippen LogP contribution in [0.2, 0.25) is 0 Å². The molecule has 4 amide bonds. The van der Waals surface area contributed by atoms with E-state index in [1.807, 2.05) is 31.2 Å². The number of likely N-dealkylation sites (N-methyl/N-ethyl adjacent to an activating group) is 1. The van der Waals surface area contributed by atoms with Gasteiger partial charge in [-0.05, 0) is 18.9 Å². The Kier molecular flexibility index (Phi) is 4.90. The number of nitrogens with zero attached hydrogens (tertiary/aromatic N) is 4. The molecule has 2 aliphatic heterocycles. The van der Waals surface area contributed by atoms with Gasteiger partial charge in [0.15, 0.2) is 0 Å². The number of rotatable bonds is 5. The minimum Gasteiger partial charge on any atom is -0.361 e. The van der Waals surface area contributed by atoms with Crippen LogP contribution >= 0.6 is 0 Å². The third kappa shape index (κ3) is 3.47. The highest BCUT2D eigenvalue weighted by atomic mass is 16.5. The number of hydrogen-bond acceptors (Lipinski definition) is 8. The van der Waals surface area contributed by atoms with Gasteiger partial charge in [-0.2, -0.15) is 4.98 Å². The van der Waals surface area contributed by atoms with Gasteiger partial charge in [0, 0.05) is 25.1 Å². The average molecular weight is 409 g/mol. The fourth-order valence-electron chi connectivity index (χ4n) is 3.51. The zero-order chi connectivity index (χ0) is 21.4. The number of hydrogen-bond donors (Lipinski definition) is 1. The van der Waals surface area contributed by atoms with Crippen molar-refractivity contribution in [3.63, 3.8) is 0 Å². The topological polar surface area (TPSA) is 126 Å². The van der Waals surface area contributed by atoms with Crippen molar-refractivity contribution >= 4 is 23.6 Å². The van der Waals surface area contributed by atoms with E-state index in [1.165, 1.54) is 11.0 Å². The molecule has 2 aromatic rings. The van der Waals surface area contributed by atoms with E-state index >= 15 is 0 Å². The summed E-state index contributed by atoms with van der Waals surface area (Å²) in [6.45, 7) is 2.04. The monoisotopic (exact) mass is 409 g/mol. The lowest BCUT2D eigenvalue weighted by atomic mass is 10.0. The Morgan fingerprint density at radius 2 is 2.00 bits per heavy atom. The highest BCUT2D eigenvalue weighted by Gasteiger charge is 2.43. The van der Waals surface area contributed by atoms with Gasteiger partial charge < -0.3 is 9.42 Å². The first kappa shape index (κ1) is 19.5. The second kappa shape index (κ2) is 7.54. The van der Waals surface area contributed by atoms with Crippen LogP contribution in [0, 0.1) is 6.92 Å². The molecular formula is C20H19N5O5. The summed E-state index contributed by atoms with van der Waals surface area (Å²) in [5.41, 5.74) is 1.95. The standard InChI is InChI=1S/C20H19N5O5/c1-11-5-3-4-6-12(11)18-22-16(30-23-18)10-24(2)14-9-17(27)25(20(14)29)13-7-8-15(26)21-19(13)28/h3-6,9,13H,7-8,10H2,1-2H3,(H,21,26,28). The SMILES string of the molecule is Cc1ccccc1-c1noc(CN(C)C2=CC(=O)N(C3CCC(=O)NC3=O)C2=O)n1. The second-order valence-corrected chi connectivity index (χ2v) is 7.19. The molecule has 2 aliphatic rings. The second-order valence-electron chi connectivity index (χ2n) is 7.19. The number of benzene rings is 1. The first-order valence-electron chi connectivity index (χ1n) is 9.38. The predicted octanol–water partition coefficient (Wildman–Crippen LogP) is 0.535. The van der Waals surface area contributed by atoms with Crippen molar-refractivity contribution in [2.45, 2.75) is 32.4 Å². The molecule has 154 valence electrons. The summed E-state index contributed by atoms with van der Waals surface area (Å²) in [4.78, 5) is 55.4. The maximum absolute atomic E-state index is 12.8. The lowest BCUT2D eigenvalue weighted by molar-refractivity contribution is -0.150. The number of aryl methyl sites for hydroxylation is 1. The zero-order valence-corrected chi connectivity index (χ0v) is 16.4. The molecular weight excluding hydrogens is 390 g/mol. The first-order chi connectivity index (χ1) is 14.3. The van der Waals surface area contributed by atoms with Crippen LogP contribution in [0.15, 0.2) is 40.6 Å². The Morgan fingerprint density at radius 3 is 2.73 bits per heavy atom. The predicted molar refractivity (Wildman–Crippen MR) is 102 cm³/mol. The maximum atomic E-state index is 12.8. The van der Waals surface area contributed by atoms with Gasteiger partial charge in [0.2, 0.25) is 23.5 Å². The number of imide groups is 2. The molecule has 1 atom stereocenters. The lowest BCUT2D eigenvalue weighted by Gasteiger charge is -2.29. The summed E-state index contributed by atoms with van der Waals surface area (Å²) in [5, 5.41) is 6.15. The molecule has 0 saturated carbocycles. The van der Waals surface area contributed by atoms with Crippen LogP contribution in [0.4, 0.5) is 0 Å². The van der Waals surface area contributed by atoms with Crippen LogP contribution < -0.4 is 5.32 Å². The Balaban J connectivity index is 1.47. The highest BCUT2D eigenvalue weighted by molar-refractivity contribution is 6.18. The van der Waals surface area contributed by atoms with Crippen LogP contribution in [0.5, 0.6) is 0 Å². The molecule has 3 heterocycles. The summed E-state index contributed by atoms with van der Waals surface area (Å²) in [7, 11) is 1.61. The molecule has 1 aromatic heterocycles. The van der Waals surface area contributed by atoms with Crippen LogP contribution in [-0.4, -0.2) is 56.7 Å². The smallest absolute Gasteiger partial charge is 0.277 e. The van der Waals surface area contributed by atoms with Crippen molar-refractivity contribution < 1.29 is 23.7 Å². The Labute approximate surface area is 171 Å². The van der Waals surface area contributed by atoms with Crippen molar-refractivity contribution in [1.29, 1.82) is 0 Å². The first-order valence-corrected chi connectivity index (χ1v) is 9.38. The quantitative estimate of drug-likeness (QED) is 0.709. The van der Waals surface area contributed by atoms with Crippen LogP contribution in [0.1, 0.15) is 24.3 Å². The van der Waals surface area contributed by atoms with Gasteiger partial charge in [0.05, 0.1) is 6.54 Å². The van der Waals surface area contributed by atoms with Crippen molar-refractivity contribution in [1.82, 2.24) is 25.3 Å². The fraction of sp³-hybridized carbons (Fsp3) is 0.300. The van der Waals surface area contributed by atoms with Crippen molar-refractivity contribution in [2.75, 3.05) is 7.05 Å². The summed E-state index contributed by atoms with van der Waals surface area (Å²) in [5.74, 6) is -1.55. The van der Waals surface area contributed by atoms with E-state index < -0.39 is 29.7 Å². The molecule has 0 radical (unpaired) electrons. The van der Waals surface area contributed by atoms with E-state index in [2.05, 4.69) is 15.5 Å². The van der Waals surface area contributed by atoms with Crippen LogP contribution in [0.3, 0.4) is 0 Å². The van der Waals surface area contributed by atoms with E-state index in [-0.39, 0.29) is 31.0 Å². The minimum absolute atomic E-state index is 0.0717. The Bertz CT molecular complexity index is 1090. The molecule has 1 fully saturated rings. The Hall–Kier alpha value is -3.82. The summed E-state index contributed by atoms with van der Waals surface area (Å²) in [6, 6.07) is 6.61. The van der Waals surface area contributed by atoms with Gasteiger partial charge in [0.25, 0.3) is 11.8 Å². The van der Waals surface area contributed by atoms with E-state index in [1.54, 1.807) is 7.05 Å². The lowest BCUT2D eigenvalue weighted by Crippen LogP contribution is -2.54. The molecule has 1 aromatic carbocycles. The van der Waals surface area contributed by atoms with Crippen molar-refractivity contribution in [3.05, 3.63) is 47.5 Å². The summed E-state index contributed by atoms with van der Waals surface area (Å²) in [6.07, 6.45) is 1.35. The van der Waals surface area contributed by atoms with E-state index in [0.29, 0.717) is 5.82 Å². The Morgan fingerprint density at radius 1 is 1.23 bits per heavy atom. The number of carbonyl (C=O) groups excluding carboxylic acids is 4. The van der Waals surface area contributed by atoms with Crippen LogP contribution in [-0.2, 0) is 25.7 Å². The maximum Gasteiger partial charge on any atom is 0.277 e. The largest absolute Gasteiger partial charge is 0.361 e. The van der Waals surface area contributed by atoms with Gasteiger partial charge in [-0.3, -0.25) is 29.4 Å². The molecule has 1 saturated heterocycles. The average Bonchev–Trinajstić information content (AvgIpc) is 3.27. The van der Waals surface area contributed by atoms with Gasteiger partial charge in [0.1, 0.15) is 11.7 Å². The summed E-state index contributed by atoms with van der Waals surface area (Å²) >= 11 is 0.